The maximum absolute atomic E-state index is 6.34. The van der Waals surface area contributed by atoms with Gasteiger partial charge in [-0.3, -0.25) is 4.90 Å². The van der Waals surface area contributed by atoms with Crippen molar-refractivity contribution >= 4 is 11.6 Å². The Kier molecular flexibility index (Phi) is 5.20. The van der Waals surface area contributed by atoms with E-state index in [2.05, 4.69) is 17.0 Å². The zero-order valence-electron chi connectivity index (χ0n) is 12.8. The van der Waals surface area contributed by atoms with Gasteiger partial charge in [-0.25, -0.2) is 0 Å². The van der Waals surface area contributed by atoms with Gasteiger partial charge in [-0.05, 0) is 49.3 Å². The van der Waals surface area contributed by atoms with Gasteiger partial charge in [-0.15, -0.1) is 0 Å². The number of nitrogens with two attached hydrogens (primary N) is 1. The number of rotatable bonds is 3. The second-order valence-corrected chi connectivity index (χ2v) is 7.37. The molecule has 1 saturated heterocycles. The molecule has 21 heavy (non-hydrogen) atoms. The van der Waals surface area contributed by atoms with Crippen LogP contribution in [0.5, 0.6) is 0 Å². The lowest BCUT2D eigenvalue weighted by Crippen LogP contribution is -2.51. The minimum absolute atomic E-state index is 0.345. The Bertz CT molecular complexity index is 439. The van der Waals surface area contributed by atoms with Gasteiger partial charge in [-0.2, -0.15) is 0 Å². The van der Waals surface area contributed by atoms with Gasteiger partial charge in [-0.1, -0.05) is 43.0 Å². The number of hydrogen-bond acceptors (Lipinski definition) is 2. The highest BCUT2D eigenvalue weighted by molar-refractivity contribution is 6.30. The van der Waals surface area contributed by atoms with Gasteiger partial charge in [0, 0.05) is 30.2 Å². The van der Waals surface area contributed by atoms with E-state index in [1.165, 1.54) is 44.2 Å². The van der Waals surface area contributed by atoms with E-state index in [-0.39, 0.29) is 0 Å². The average molecular weight is 307 g/mol. The molecule has 0 radical (unpaired) electrons. The first-order valence-corrected chi connectivity index (χ1v) is 8.82. The van der Waals surface area contributed by atoms with Crippen LogP contribution < -0.4 is 5.73 Å². The zero-order chi connectivity index (χ0) is 14.7. The largest absolute Gasteiger partial charge is 0.327 e. The van der Waals surface area contributed by atoms with E-state index in [1.807, 2.05) is 12.1 Å². The highest BCUT2D eigenvalue weighted by atomic mass is 35.5. The van der Waals surface area contributed by atoms with Crippen LogP contribution in [0.1, 0.15) is 44.1 Å². The first kappa shape index (κ1) is 15.3. The Hall–Kier alpha value is -0.570. The van der Waals surface area contributed by atoms with Gasteiger partial charge in [0.1, 0.15) is 0 Å². The second kappa shape index (κ2) is 7.13. The van der Waals surface area contributed by atoms with Crippen LogP contribution in [-0.4, -0.2) is 30.1 Å². The molecule has 2 nitrogen and oxygen atoms in total. The number of hydrogen-bond donors (Lipinski definition) is 1. The van der Waals surface area contributed by atoms with Crippen LogP contribution in [-0.2, 0) is 6.42 Å². The molecule has 2 fully saturated rings. The fraction of sp³-hybridized carbons (Fsp3) is 0.667. The summed E-state index contributed by atoms with van der Waals surface area (Å²) in [5.74, 6) is 0.692. The fourth-order valence-corrected chi connectivity index (χ4v) is 4.26. The Morgan fingerprint density at radius 3 is 2.48 bits per heavy atom. The lowest BCUT2D eigenvalue weighted by Gasteiger charge is -2.42. The number of piperidine rings is 1. The van der Waals surface area contributed by atoms with Crippen LogP contribution in [0.4, 0.5) is 0 Å². The van der Waals surface area contributed by atoms with Crippen molar-refractivity contribution in [1.29, 1.82) is 0 Å². The van der Waals surface area contributed by atoms with E-state index < -0.39 is 0 Å². The third-order valence-electron chi connectivity index (χ3n) is 5.13. The first-order chi connectivity index (χ1) is 10.2. The molecule has 116 valence electrons. The van der Waals surface area contributed by atoms with E-state index in [0.29, 0.717) is 12.0 Å². The zero-order valence-corrected chi connectivity index (χ0v) is 13.6. The van der Waals surface area contributed by atoms with Crippen molar-refractivity contribution in [2.45, 2.75) is 57.0 Å². The van der Waals surface area contributed by atoms with Crippen LogP contribution in [0, 0.1) is 5.92 Å². The summed E-state index contributed by atoms with van der Waals surface area (Å²) in [6.45, 7) is 2.32. The van der Waals surface area contributed by atoms with Crippen molar-refractivity contribution in [3.8, 4) is 0 Å². The van der Waals surface area contributed by atoms with Gasteiger partial charge in [0.25, 0.3) is 0 Å². The molecule has 1 aliphatic carbocycles. The molecular weight excluding hydrogens is 280 g/mol. The van der Waals surface area contributed by atoms with Crippen molar-refractivity contribution < 1.29 is 0 Å². The van der Waals surface area contributed by atoms with Crippen molar-refractivity contribution in [3.63, 3.8) is 0 Å². The molecule has 1 heterocycles. The molecule has 3 rings (SSSR count). The molecule has 1 aromatic rings. The third kappa shape index (κ3) is 4.21. The molecule has 2 unspecified atom stereocenters. The summed E-state index contributed by atoms with van der Waals surface area (Å²) in [5, 5.41) is 0.822. The SMILES string of the molecule is NC1CC(Cc2ccc(Cl)cc2)CN(C2CCCCC2)C1. The maximum Gasteiger partial charge on any atom is 0.0406 e. The number of benzene rings is 1. The predicted octanol–water partition coefficient (Wildman–Crippen LogP) is 3.86. The first-order valence-electron chi connectivity index (χ1n) is 8.45. The van der Waals surface area contributed by atoms with Crippen LogP contribution in [0.15, 0.2) is 24.3 Å². The van der Waals surface area contributed by atoms with Gasteiger partial charge in [0.05, 0.1) is 0 Å². The highest BCUT2D eigenvalue weighted by Crippen LogP contribution is 2.28. The predicted molar refractivity (Wildman–Crippen MR) is 89.7 cm³/mol. The molecule has 0 bridgehead atoms. The molecule has 0 amide bonds. The third-order valence-corrected chi connectivity index (χ3v) is 5.38. The molecule has 1 aromatic carbocycles. The summed E-state index contributed by atoms with van der Waals surface area (Å²) in [4.78, 5) is 2.69. The van der Waals surface area contributed by atoms with E-state index in [1.54, 1.807) is 0 Å². The van der Waals surface area contributed by atoms with Crippen LogP contribution >= 0.6 is 11.6 Å². The molecule has 2 atom stereocenters. The fourth-order valence-electron chi connectivity index (χ4n) is 4.13. The summed E-state index contributed by atoms with van der Waals surface area (Å²) < 4.78 is 0. The monoisotopic (exact) mass is 306 g/mol. The number of likely N-dealkylation sites (tertiary alicyclic amines) is 1. The van der Waals surface area contributed by atoms with E-state index in [4.69, 9.17) is 17.3 Å². The average Bonchev–Trinajstić information content (AvgIpc) is 2.50. The van der Waals surface area contributed by atoms with Crippen molar-refractivity contribution in [1.82, 2.24) is 4.90 Å². The topological polar surface area (TPSA) is 29.3 Å². The highest BCUT2D eigenvalue weighted by Gasteiger charge is 2.30. The summed E-state index contributed by atoms with van der Waals surface area (Å²) in [6, 6.07) is 9.45. The molecule has 2 aliphatic rings. The minimum Gasteiger partial charge on any atom is -0.327 e. The van der Waals surface area contributed by atoms with Crippen molar-refractivity contribution in [2.75, 3.05) is 13.1 Å². The quantitative estimate of drug-likeness (QED) is 0.918. The smallest absolute Gasteiger partial charge is 0.0406 e. The molecular formula is C18H27ClN2. The maximum atomic E-state index is 6.34. The Morgan fingerprint density at radius 1 is 1.05 bits per heavy atom. The second-order valence-electron chi connectivity index (χ2n) is 6.94. The summed E-state index contributed by atoms with van der Waals surface area (Å²) in [5.41, 5.74) is 7.73. The lowest BCUT2D eigenvalue weighted by molar-refractivity contribution is 0.0870. The summed E-state index contributed by atoms with van der Waals surface area (Å²) >= 11 is 5.97. The number of nitrogens with zero attached hydrogens (tertiary/aromatic N) is 1. The standard InChI is InChI=1S/C18H27ClN2/c19-16-8-6-14(7-9-16)10-15-11-17(20)13-21(12-15)18-4-2-1-3-5-18/h6-9,15,17-18H,1-5,10-13,20H2. The van der Waals surface area contributed by atoms with Crippen molar-refractivity contribution in [3.05, 3.63) is 34.9 Å². The van der Waals surface area contributed by atoms with Gasteiger partial charge < -0.3 is 5.73 Å². The molecule has 3 heteroatoms. The van der Waals surface area contributed by atoms with Gasteiger partial charge in [0.2, 0.25) is 0 Å². The van der Waals surface area contributed by atoms with Crippen molar-refractivity contribution in [2.24, 2.45) is 11.7 Å². The van der Waals surface area contributed by atoms with Gasteiger partial charge >= 0.3 is 0 Å². The molecule has 0 aromatic heterocycles. The molecule has 0 spiro atoms. The Labute approximate surface area is 133 Å². The normalized spacial score (nSPS) is 28.7. The molecule has 1 aliphatic heterocycles. The Morgan fingerprint density at radius 2 is 1.76 bits per heavy atom. The van der Waals surface area contributed by atoms with Crippen LogP contribution in [0.25, 0.3) is 0 Å². The van der Waals surface area contributed by atoms with Gasteiger partial charge in [0.15, 0.2) is 0 Å². The summed E-state index contributed by atoms with van der Waals surface area (Å²) in [7, 11) is 0. The molecule has 1 saturated carbocycles. The van der Waals surface area contributed by atoms with E-state index in [0.717, 1.165) is 30.5 Å². The van der Waals surface area contributed by atoms with E-state index in [9.17, 15) is 0 Å². The summed E-state index contributed by atoms with van der Waals surface area (Å²) in [6.07, 6.45) is 9.27. The molecule has 2 N–H and O–H groups in total. The van der Waals surface area contributed by atoms with Crippen LogP contribution in [0.3, 0.4) is 0 Å². The van der Waals surface area contributed by atoms with Crippen LogP contribution in [0.2, 0.25) is 5.02 Å². The minimum atomic E-state index is 0.345. The van der Waals surface area contributed by atoms with E-state index >= 15 is 0 Å². The Balaban J connectivity index is 1.61. The lowest BCUT2D eigenvalue weighted by atomic mass is 9.86. The number of halogens is 1.